The fourth-order valence-corrected chi connectivity index (χ4v) is 3.96. The summed E-state index contributed by atoms with van der Waals surface area (Å²) in [4.78, 5) is 0. The summed E-state index contributed by atoms with van der Waals surface area (Å²) in [5.41, 5.74) is 3.93. The summed E-state index contributed by atoms with van der Waals surface area (Å²) in [6.45, 7) is 0. The van der Waals surface area contributed by atoms with E-state index in [1.165, 1.54) is 16.8 Å². The van der Waals surface area contributed by atoms with Gasteiger partial charge in [-0.15, -0.1) is 0 Å². The highest BCUT2D eigenvalue weighted by Gasteiger charge is 2.37. The van der Waals surface area contributed by atoms with Crippen molar-refractivity contribution in [3.63, 3.8) is 0 Å². The van der Waals surface area contributed by atoms with E-state index in [4.69, 9.17) is 4.74 Å². The van der Waals surface area contributed by atoms with Crippen molar-refractivity contribution in [2.45, 2.75) is 18.4 Å². The van der Waals surface area contributed by atoms with Gasteiger partial charge >= 0.3 is 0 Å². The van der Waals surface area contributed by atoms with E-state index in [9.17, 15) is 0 Å². The molecule has 1 N–H and O–H groups in total. The molecule has 2 aromatic carbocycles. The molecule has 1 aliphatic heterocycles. The Morgan fingerprint density at radius 2 is 1.95 bits per heavy atom. The number of halogens is 1. The summed E-state index contributed by atoms with van der Waals surface area (Å²) in [7, 11) is 1.73. The number of methoxy groups -OCH3 is 1. The van der Waals surface area contributed by atoms with E-state index in [1.54, 1.807) is 7.11 Å². The molecular weight excluding hydrogens is 338 g/mol. The number of anilines is 1. The van der Waals surface area contributed by atoms with Crippen LogP contribution in [0.15, 0.2) is 59.1 Å². The molecule has 0 bridgehead atoms. The highest BCUT2D eigenvalue weighted by Crippen LogP contribution is 2.50. The van der Waals surface area contributed by atoms with E-state index in [0.717, 1.165) is 16.6 Å². The highest BCUT2D eigenvalue weighted by molar-refractivity contribution is 9.10. The maximum Gasteiger partial charge on any atom is 0.119 e. The number of hydrogen-bond acceptors (Lipinski definition) is 2. The molecule has 0 fully saturated rings. The Morgan fingerprint density at radius 3 is 2.73 bits per heavy atom. The molecule has 22 heavy (non-hydrogen) atoms. The van der Waals surface area contributed by atoms with Crippen LogP contribution in [0.3, 0.4) is 0 Å². The zero-order valence-electron chi connectivity index (χ0n) is 12.4. The summed E-state index contributed by atoms with van der Waals surface area (Å²) in [5, 5.41) is 3.74. The molecule has 0 saturated carbocycles. The molecular formula is C19H18BrNO. The minimum atomic E-state index is 0.356. The lowest BCUT2D eigenvalue weighted by atomic mass is 9.77. The van der Waals surface area contributed by atoms with E-state index >= 15 is 0 Å². The second-order valence-corrected chi connectivity index (χ2v) is 6.90. The molecule has 2 nitrogen and oxygen atoms in total. The summed E-state index contributed by atoms with van der Waals surface area (Å²) >= 11 is 3.52. The van der Waals surface area contributed by atoms with Gasteiger partial charge in [0.25, 0.3) is 0 Å². The number of ether oxygens (including phenoxy) is 1. The molecule has 0 radical (unpaired) electrons. The molecule has 1 aliphatic carbocycles. The Labute approximate surface area is 139 Å². The molecule has 2 aromatic rings. The molecule has 0 aromatic heterocycles. The zero-order chi connectivity index (χ0) is 15.1. The Hall–Kier alpha value is -1.74. The van der Waals surface area contributed by atoms with Crippen LogP contribution in [0.25, 0.3) is 0 Å². The summed E-state index contributed by atoms with van der Waals surface area (Å²) < 4.78 is 6.52. The quantitative estimate of drug-likeness (QED) is 0.739. The summed E-state index contributed by atoms with van der Waals surface area (Å²) in [6.07, 6.45) is 5.79. The van der Waals surface area contributed by atoms with Crippen molar-refractivity contribution in [2.75, 3.05) is 12.4 Å². The zero-order valence-corrected chi connectivity index (χ0v) is 14.0. The van der Waals surface area contributed by atoms with Gasteiger partial charge in [-0.3, -0.25) is 0 Å². The third-order valence-corrected chi connectivity index (χ3v) is 5.33. The van der Waals surface area contributed by atoms with Crippen molar-refractivity contribution in [3.05, 3.63) is 70.2 Å². The fourth-order valence-electron chi connectivity index (χ4n) is 3.70. The smallest absolute Gasteiger partial charge is 0.119 e. The molecule has 1 heterocycles. The van der Waals surface area contributed by atoms with Gasteiger partial charge in [0, 0.05) is 16.1 Å². The van der Waals surface area contributed by atoms with E-state index in [2.05, 4.69) is 69.8 Å². The van der Waals surface area contributed by atoms with E-state index in [-0.39, 0.29) is 0 Å². The van der Waals surface area contributed by atoms with Crippen molar-refractivity contribution < 1.29 is 4.74 Å². The lowest BCUT2D eigenvalue weighted by Crippen LogP contribution is -2.29. The second-order valence-electron chi connectivity index (χ2n) is 5.98. The highest BCUT2D eigenvalue weighted by atomic mass is 79.9. The van der Waals surface area contributed by atoms with Gasteiger partial charge in [-0.25, -0.2) is 0 Å². The number of fused-ring (bicyclic) bond motifs is 3. The fraction of sp³-hybridized carbons (Fsp3) is 0.263. The summed E-state index contributed by atoms with van der Waals surface area (Å²) in [5.74, 6) is 1.97. The van der Waals surface area contributed by atoms with Gasteiger partial charge in [-0.05, 0) is 53.8 Å². The van der Waals surface area contributed by atoms with Crippen LogP contribution in [0, 0.1) is 5.92 Å². The van der Waals surface area contributed by atoms with Gasteiger partial charge in [0.1, 0.15) is 5.75 Å². The van der Waals surface area contributed by atoms with Crippen LogP contribution >= 0.6 is 15.9 Å². The van der Waals surface area contributed by atoms with Crippen molar-refractivity contribution in [1.82, 2.24) is 0 Å². The van der Waals surface area contributed by atoms with Gasteiger partial charge in [-0.2, -0.15) is 0 Å². The normalized spacial score (nSPS) is 25.3. The molecule has 0 spiro atoms. The van der Waals surface area contributed by atoms with Crippen LogP contribution in [-0.2, 0) is 0 Å². The lowest BCUT2D eigenvalue weighted by molar-refractivity contribution is 0.405. The number of nitrogens with one attached hydrogen (secondary N) is 1. The van der Waals surface area contributed by atoms with Crippen molar-refractivity contribution in [3.8, 4) is 5.75 Å². The van der Waals surface area contributed by atoms with Gasteiger partial charge in [0.15, 0.2) is 0 Å². The minimum absolute atomic E-state index is 0.356. The molecule has 0 saturated heterocycles. The van der Waals surface area contributed by atoms with Crippen molar-refractivity contribution in [1.29, 1.82) is 0 Å². The Kier molecular flexibility index (Phi) is 3.45. The second kappa shape index (κ2) is 5.47. The standard InChI is InChI=1S/C19H18BrNO/c1-22-14-9-10-18-17(11-14)15-3-2-4-16(15)19(21-18)12-5-7-13(20)8-6-12/h2-3,5-11,15-16,19,21H,4H2,1H3/t15-,16-,19-/m0/s1. The molecule has 0 unspecified atom stereocenters. The Balaban J connectivity index is 1.76. The van der Waals surface area contributed by atoms with Gasteiger partial charge in [0.05, 0.1) is 13.2 Å². The van der Waals surface area contributed by atoms with Crippen LogP contribution in [0.2, 0.25) is 0 Å². The van der Waals surface area contributed by atoms with Gasteiger partial charge in [-0.1, -0.05) is 40.2 Å². The minimum Gasteiger partial charge on any atom is -0.497 e. The third kappa shape index (κ3) is 2.24. The average molecular weight is 356 g/mol. The number of rotatable bonds is 2. The first-order chi connectivity index (χ1) is 10.8. The van der Waals surface area contributed by atoms with Crippen LogP contribution < -0.4 is 10.1 Å². The van der Waals surface area contributed by atoms with Crippen LogP contribution in [0.4, 0.5) is 5.69 Å². The van der Waals surface area contributed by atoms with Crippen LogP contribution in [-0.4, -0.2) is 7.11 Å². The van der Waals surface area contributed by atoms with E-state index in [0.29, 0.717) is 17.9 Å². The molecule has 2 aliphatic rings. The maximum atomic E-state index is 5.40. The summed E-state index contributed by atoms with van der Waals surface area (Å²) in [6, 6.07) is 15.4. The topological polar surface area (TPSA) is 21.3 Å². The van der Waals surface area contributed by atoms with Gasteiger partial charge < -0.3 is 10.1 Å². The molecule has 3 atom stereocenters. The average Bonchev–Trinajstić information content (AvgIpc) is 3.04. The van der Waals surface area contributed by atoms with Crippen LogP contribution in [0.1, 0.15) is 29.5 Å². The molecule has 4 rings (SSSR count). The lowest BCUT2D eigenvalue weighted by Gasteiger charge is -2.37. The third-order valence-electron chi connectivity index (χ3n) is 4.80. The monoisotopic (exact) mass is 355 g/mol. The first-order valence-corrected chi connectivity index (χ1v) is 8.42. The van der Waals surface area contributed by atoms with Crippen molar-refractivity contribution >= 4 is 21.6 Å². The Morgan fingerprint density at radius 1 is 1.14 bits per heavy atom. The van der Waals surface area contributed by atoms with E-state index < -0.39 is 0 Å². The van der Waals surface area contributed by atoms with Gasteiger partial charge in [0.2, 0.25) is 0 Å². The SMILES string of the molecule is COc1ccc2c(c1)[C@H]1C=CC[C@@H]1[C@H](c1ccc(Br)cc1)N2. The molecule has 0 amide bonds. The largest absolute Gasteiger partial charge is 0.497 e. The molecule has 112 valence electrons. The first kappa shape index (κ1) is 13.9. The van der Waals surface area contributed by atoms with Crippen molar-refractivity contribution in [2.24, 2.45) is 5.92 Å². The Bertz CT molecular complexity index is 723. The van der Waals surface area contributed by atoms with Crippen LogP contribution in [0.5, 0.6) is 5.75 Å². The predicted octanol–water partition coefficient (Wildman–Crippen LogP) is 5.28. The number of benzene rings is 2. The molecule has 3 heteroatoms. The number of allylic oxidation sites excluding steroid dienone is 2. The number of hydrogen-bond donors (Lipinski definition) is 1. The first-order valence-electron chi connectivity index (χ1n) is 7.63. The maximum absolute atomic E-state index is 5.40. The van der Waals surface area contributed by atoms with E-state index in [1.807, 2.05) is 6.07 Å². The predicted molar refractivity (Wildman–Crippen MR) is 93.5 cm³/mol.